The molecule has 3 rings (SSSR count). The van der Waals surface area contributed by atoms with Gasteiger partial charge in [0.1, 0.15) is 22.8 Å². The fourth-order valence-corrected chi connectivity index (χ4v) is 2.74. The molecular weight excluding hydrogens is 391 g/mol. The van der Waals surface area contributed by atoms with Crippen molar-refractivity contribution >= 4 is 40.5 Å². The molecule has 6 nitrogen and oxygen atoms in total. The van der Waals surface area contributed by atoms with E-state index in [-0.39, 0.29) is 16.5 Å². The van der Waals surface area contributed by atoms with Crippen LogP contribution in [0.2, 0.25) is 5.02 Å². The molecule has 0 atom stereocenters. The number of anilines is 1. The quantitative estimate of drug-likeness (QED) is 0.451. The van der Waals surface area contributed by atoms with Crippen LogP contribution in [-0.2, 0) is 0 Å². The Morgan fingerprint density at radius 2 is 1.85 bits per heavy atom. The van der Waals surface area contributed by atoms with Crippen molar-refractivity contribution in [3.63, 3.8) is 0 Å². The van der Waals surface area contributed by atoms with Crippen molar-refractivity contribution in [1.29, 1.82) is 0 Å². The van der Waals surface area contributed by atoms with Gasteiger partial charge in [0, 0.05) is 11.3 Å². The molecule has 0 aliphatic rings. The molecule has 0 spiro atoms. The van der Waals surface area contributed by atoms with Crippen molar-refractivity contribution in [2.24, 2.45) is 0 Å². The van der Waals surface area contributed by atoms with Crippen molar-refractivity contribution in [3.05, 3.63) is 70.7 Å². The molecule has 0 aliphatic carbocycles. The smallest absolute Gasteiger partial charge is 0.275 e. The number of benzene rings is 2. The van der Waals surface area contributed by atoms with Crippen LogP contribution < -0.4 is 16.2 Å². The maximum atomic E-state index is 12.9. The summed E-state index contributed by atoms with van der Waals surface area (Å²) in [7, 11) is 0. The highest BCUT2D eigenvalue weighted by Crippen LogP contribution is 2.30. The standard InChI is InChI=1S/C18H14ClFN4O2S/c1-10-15(16(24-26-10)13-4-2-3-5-14(13)19)17(25)22-23-18(27)21-12-8-6-11(20)7-9-12/h2-9H,1H3,(H,22,25)(H2,21,23,27). The topological polar surface area (TPSA) is 79.2 Å². The van der Waals surface area contributed by atoms with Crippen LogP contribution in [0.25, 0.3) is 11.3 Å². The molecule has 2 aromatic carbocycles. The van der Waals surface area contributed by atoms with Crippen molar-refractivity contribution in [2.45, 2.75) is 6.92 Å². The van der Waals surface area contributed by atoms with E-state index in [9.17, 15) is 9.18 Å². The summed E-state index contributed by atoms with van der Waals surface area (Å²) in [6, 6.07) is 12.6. The van der Waals surface area contributed by atoms with Gasteiger partial charge >= 0.3 is 0 Å². The van der Waals surface area contributed by atoms with Crippen LogP contribution in [0.3, 0.4) is 0 Å². The maximum absolute atomic E-state index is 12.9. The van der Waals surface area contributed by atoms with Gasteiger partial charge in [0.2, 0.25) is 0 Å². The zero-order valence-corrected chi connectivity index (χ0v) is 15.6. The Bertz CT molecular complexity index is 991. The van der Waals surface area contributed by atoms with Crippen LogP contribution >= 0.6 is 23.8 Å². The highest BCUT2D eigenvalue weighted by molar-refractivity contribution is 7.80. The number of carbonyl (C=O) groups is 1. The van der Waals surface area contributed by atoms with Gasteiger partial charge in [0.05, 0.1) is 5.02 Å². The Morgan fingerprint density at radius 3 is 2.56 bits per heavy atom. The van der Waals surface area contributed by atoms with E-state index in [1.54, 1.807) is 31.2 Å². The number of hydrazine groups is 1. The third-order valence-corrected chi connectivity index (χ3v) is 4.14. The SMILES string of the molecule is Cc1onc(-c2ccccc2Cl)c1C(=O)NNC(=S)Nc1ccc(F)cc1. The summed E-state index contributed by atoms with van der Waals surface area (Å²) in [6.45, 7) is 1.62. The van der Waals surface area contributed by atoms with E-state index in [0.29, 0.717) is 27.7 Å². The van der Waals surface area contributed by atoms with E-state index in [1.807, 2.05) is 0 Å². The first-order chi connectivity index (χ1) is 13.0. The average molecular weight is 405 g/mol. The number of aromatic nitrogens is 1. The number of aryl methyl sites for hydroxylation is 1. The molecule has 0 fully saturated rings. The number of carbonyl (C=O) groups excluding carboxylic acids is 1. The number of amides is 1. The van der Waals surface area contributed by atoms with E-state index in [1.165, 1.54) is 24.3 Å². The molecule has 138 valence electrons. The second-order valence-electron chi connectivity index (χ2n) is 5.48. The van der Waals surface area contributed by atoms with Gasteiger partial charge in [-0.3, -0.25) is 15.6 Å². The lowest BCUT2D eigenvalue weighted by Crippen LogP contribution is -2.44. The summed E-state index contributed by atoms with van der Waals surface area (Å²) in [5.41, 5.74) is 6.77. The third-order valence-electron chi connectivity index (χ3n) is 3.61. The molecule has 0 saturated carbocycles. The second-order valence-corrected chi connectivity index (χ2v) is 6.30. The predicted molar refractivity (Wildman–Crippen MR) is 105 cm³/mol. The normalized spacial score (nSPS) is 10.3. The van der Waals surface area contributed by atoms with Crippen LogP contribution in [-0.4, -0.2) is 16.2 Å². The molecule has 1 amide bonds. The lowest BCUT2D eigenvalue weighted by atomic mass is 10.1. The van der Waals surface area contributed by atoms with E-state index >= 15 is 0 Å². The van der Waals surface area contributed by atoms with E-state index < -0.39 is 5.91 Å². The number of nitrogens with zero attached hydrogens (tertiary/aromatic N) is 1. The first kappa shape index (κ1) is 18.8. The van der Waals surface area contributed by atoms with Gasteiger partial charge in [-0.15, -0.1) is 0 Å². The zero-order chi connectivity index (χ0) is 19.4. The van der Waals surface area contributed by atoms with Gasteiger partial charge in [0.25, 0.3) is 5.91 Å². The minimum Gasteiger partial charge on any atom is -0.360 e. The van der Waals surface area contributed by atoms with Gasteiger partial charge < -0.3 is 9.84 Å². The number of hydrogen-bond donors (Lipinski definition) is 3. The molecule has 27 heavy (non-hydrogen) atoms. The molecule has 0 radical (unpaired) electrons. The Labute approximate surface area is 164 Å². The van der Waals surface area contributed by atoms with Gasteiger partial charge in [0.15, 0.2) is 5.11 Å². The van der Waals surface area contributed by atoms with Gasteiger partial charge in [-0.25, -0.2) is 4.39 Å². The first-order valence-electron chi connectivity index (χ1n) is 7.80. The number of hydrogen-bond acceptors (Lipinski definition) is 4. The Hall–Kier alpha value is -2.97. The number of rotatable bonds is 3. The molecule has 3 N–H and O–H groups in total. The highest BCUT2D eigenvalue weighted by atomic mass is 35.5. The second kappa shape index (κ2) is 8.15. The molecule has 0 bridgehead atoms. The Balaban J connectivity index is 1.70. The Kier molecular flexibility index (Phi) is 5.68. The number of nitrogens with one attached hydrogen (secondary N) is 3. The van der Waals surface area contributed by atoms with E-state index in [0.717, 1.165) is 0 Å². The van der Waals surface area contributed by atoms with Gasteiger partial charge in [-0.1, -0.05) is 35.0 Å². The maximum Gasteiger partial charge on any atom is 0.275 e. The highest BCUT2D eigenvalue weighted by Gasteiger charge is 2.23. The summed E-state index contributed by atoms with van der Waals surface area (Å²) in [5, 5.41) is 7.33. The molecule has 0 saturated heterocycles. The van der Waals surface area contributed by atoms with Gasteiger partial charge in [-0.2, -0.15) is 0 Å². The third kappa shape index (κ3) is 4.42. The average Bonchev–Trinajstić information content (AvgIpc) is 3.03. The molecule has 3 aromatic rings. The predicted octanol–water partition coefficient (Wildman–Crippen LogP) is 4.07. The van der Waals surface area contributed by atoms with Crippen molar-refractivity contribution in [3.8, 4) is 11.3 Å². The summed E-state index contributed by atoms with van der Waals surface area (Å²) in [4.78, 5) is 12.6. The zero-order valence-electron chi connectivity index (χ0n) is 14.0. The monoisotopic (exact) mass is 404 g/mol. The van der Waals surface area contributed by atoms with E-state index in [4.69, 9.17) is 28.3 Å². The Morgan fingerprint density at radius 1 is 1.15 bits per heavy atom. The summed E-state index contributed by atoms with van der Waals surface area (Å²) < 4.78 is 18.1. The minimum atomic E-state index is -0.494. The van der Waals surface area contributed by atoms with Crippen LogP contribution in [0.1, 0.15) is 16.1 Å². The molecule has 1 heterocycles. The lowest BCUT2D eigenvalue weighted by Gasteiger charge is -2.12. The van der Waals surface area contributed by atoms with E-state index in [2.05, 4.69) is 21.3 Å². The summed E-state index contributed by atoms with van der Waals surface area (Å²) >= 11 is 11.3. The minimum absolute atomic E-state index is 0.128. The summed E-state index contributed by atoms with van der Waals surface area (Å²) in [5.74, 6) is -0.517. The van der Waals surface area contributed by atoms with Crippen LogP contribution in [0.15, 0.2) is 53.1 Å². The number of thiocarbonyl (C=S) groups is 1. The van der Waals surface area contributed by atoms with Crippen LogP contribution in [0.5, 0.6) is 0 Å². The lowest BCUT2D eigenvalue weighted by molar-refractivity contribution is 0.0943. The molecular formula is C18H14ClFN4O2S. The van der Waals surface area contributed by atoms with Crippen molar-refractivity contribution in [2.75, 3.05) is 5.32 Å². The largest absolute Gasteiger partial charge is 0.360 e. The van der Waals surface area contributed by atoms with Crippen molar-refractivity contribution in [1.82, 2.24) is 16.0 Å². The fraction of sp³-hybridized carbons (Fsp3) is 0.0556. The summed E-state index contributed by atoms with van der Waals surface area (Å²) in [6.07, 6.45) is 0. The van der Waals surface area contributed by atoms with Crippen molar-refractivity contribution < 1.29 is 13.7 Å². The molecule has 0 aliphatic heterocycles. The molecule has 0 unspecified atom stereocenters. The van der Waals surface area contributed by atoms with Crippen LogP contribution in [0, 0.1) is 12.7 Å². The molecule has 1 aromatic heterocycles. The van der Waals surface area contributed by atoms with Crippen LogP contribution in [0.4, 0.5) is 10.1 Å². The number of halogens is 2. The van der Waals surface area contributed by atoms with Gasteiger partial charge in [-0.05, 0) is 49.5 Å². The molecule has 9 heteroatoms. The fourth-order valence-electron chi connectivity index (χ4n) is 2.35. The first-order valence-corrected chi connectivity index (χ1v) is 8.58.